The van der Waals surface area contributed by atoms with Crippen molar-refractivity contribution in [2.75, 3.05) is 6.54 Å². The van der Waals surface area contributed by atoms with Crippen molar-refractivity contribution in [3.05, 3.63) is 18.0 Å². The number of hydrogen-bond acceptors (Lipinski definition) is 4. The Kier molecular flexibility index (Phi) is 6.77. The van der Waals surface area contributed by atoms with Gasteiger partial charge in [0.05, 0.1) is 11.8 Å². The molecule has 0 bridgehead atoms. The Hall–Kier alpha value is -2.38. The summed E-state index contributed by atoms with van der Waals surface area (Å²) in [6.07, 6.45) is 8.89. The first-order chi connectivity index (χ1) is 11.5. The van der Waals surface area contributed by atoms with Crippen LogP contribution in [0.2, 0.25) is 0 Å². The number of carboxylic acids is 1. The number of aromatic nitrogens is 2. The Morgan fingerprint density at radius 2 is 2.00 bits per heavy atom. The smallest absolute Gasteiger partial charge is 0.303 e. The van der Waals surface area contributed by atoms with E-state index in [1.165, 1.54) is 23.5 Å². The van der Waals surface area contributed by atoms with Crippen LogP contribution in [0.3, 0.4) is 0 Å². The third-order valence-corrected chi connectivity index (χ3v) is 4.02. The third-order valence-electron chi connectivity index (χ3n) is 4.02. The summed E-state index contributed by atoms with van der Waals surface area (Å²) >= 11 is 0. The van der Waals surface area contributed by atoms with Gasteiger partial charge in [0, 0.05) is 25.2 Å². The topological polar surface area (TPSA) is 113 Å². The maximum Gasteiger partial charge on any atom is 0.303 e. The van der Waals surface area contributed by atoms with Crippen molar-refractivity contribution in [1.82, 2.24) is 20.4 Å². The highest BCUT2D eigenvalue weighted by Crippen LogP contribution is 2.17. The Morgan fingerprint density at radius 3 is 2.71 bits per heavy atom. The van der Waals surface area contributed by atoms with Gasteiger partial charge >= 0.3 is 5.97 Å². The third kappa shape index (κ3) is 6.02. The fourth-order valence-corrected chi connectivity index (χ4v) is 2.78. The average molecular weight is 336 g/mol. The summed E-state index contributed by atoms with van der Waals surface area (Å²) in [6, 6.07) is 0.249. The van der Waals surface area contributed by atoms with Crippen molar-refractivity contribution >= 4 is 17.8 Å². The molecule has 0 saturated heterocycles. The van der Waals surface area contributed by atoms with E-state index in [0.29, 0.717) is 18.5 Å². The molecule has 24 heavy (non-hydrogen) atoms. The minimum Gasteiger partial charge on any atom is -0.481 e. The largest absolute Gasteiger partial charge is 0.481 e. The van der Waals surface area contributed by atoms with Crippen molar-refractivity contribution in [2.24, 2.45) is 0 Å². The summed E-state index contributed by atoms with van der Waals surface area (Å²) in [5, 5.41) is 18.2. The molecule has 8 heteroatoms. The highest BCUT2D eigenvalue weighted by atomic mass is 16.4. The molecule has 1 aliphatic carbocycles. The van der Waals surface area contributed by atoms with Gasteiger partial charge in [0.2, 0.25) is 5.91 Å². The zero-order chi connectivity index (χ0) is 17.4. The zero-order valence-corrected chi connectivity index (χ0v) is 13.7. The molecule has 0 aliphatic heterocycles. The molecule has 1 saturated carbocycles. The van der Waals surface area contributed by atoms with Crippen LogP contribution >= 0.6 is 0 Å². The second kappa shape index (κ2) is 9.05. The van der Waals surface area contributed by atoms with E-state index in [0.717, 1.165) is 25.7 Å². The number of nitrogens with one attached hydrogen (secondary N) is 2. The summed E-state index contributed by atoms with van der Waals surface area (Å²) in [6.45, 7) is 0.376. The summed E-state index contributed by atoms with van der Waals surface area (Å²) in [4.78, 5) is 34.3. The number of hydrogen-bond donors (Lipinski definition) is 3. The molecule has 0 unspecified atom stereocenters. The van der Waals surface area contributed by atoms with E-state index < -0.39 is 5.97 Å². The van der Waals surface area contributed by atoms with Crippen molar-refractivity contribution < 1.29 is 19.5 Å². The SMILES string of the molecule is O=C(O)CCCNC(=O)c1cnn(CC(=O)NC2CCCCC2)c1. The predicted octanol–water partition coefficient (Wildman–Crippen LogP) is 0.927. The summed E-state index contributed by atoms with van der Waals surface area (Å²) in [5.74, 6) is -1.31. The first kappa shape index (κ1) is 18.0. The fraction of sp³-hybridized carbons (Fsp3) is 0.625. The number of rotatable bonds is 8. The molecular weight excluding hydrogens is 312 g/mol. The van der Waals surface area contributed by atoms with Gasteiger partial charge in [-0.2, -0.15) is 5.10 Å². The average Bonchev–Trinajstić information content (AvgIpc) is 3.00. The molecule has 0 radical (unpaired) electrons. The molecule has 0 aromatic carbocycles. The molecule has 1 aromatic rings. The van der Waals surface area contributed by atoms with E-state index in [4.69, 9.17) is 5.11 Å². The Bertz CT molecular complexity index is 578. The molecule has 2 rings (SSSR count). The van der Waals surface area contributed by atoms with Gasteiger partial charge in [0.1, 0.15) is 6.54 Å². The van der Waals surface area contributed by atoms with Crippen LogP contribution < -0.4 is 10.6 Å². The van der Waals surface area contributed by atoms with Crippen LogP contribution in [0.4, 0.5) is 0 Å². The summed E-state index contributed by atoms with van der Waals surface area (Å²) in [5.41, 5.74) is 0.357. The first-order valence-corrected chi connectivity index (χ1v) is 8.36. The summed E-state index contributed by atoms with van der Waals surface area (Å²) in [7, 11) is 0. The second-order valence-electron chi connectivity index (χ2n) is 6.08. The van der Waals surface area contributed by atoms with Crippen molar-refractivity contribution in [3.63, 3.8) is 0 Å². The van der Waals surface area contributed by atoms with Crippen molar-refractivity contribution in [3.8, 4) is 0 Å². The number of carboxylic acid groups (broad SMARTS) is 1. The van der Waals surface area contributed by atoms with E-state index in [2.05, 4.69) is 15.7 Å². The molecule has 0 atom stereocenters. The Balaban J connectivity index is 1.74. The van der Waals surface area contributed by atoms with Gasteiger partial charge in [-0.05, 0) is 19.3 Å². The van der Waals surface area contributed by atoms with Gasteiger partial charge in [0.15, 0.2) is 0 Å². The maximum absolute atomic E-state index is 12.0. The lowest BCUT2D eigenvalue weighted by molar-refractivity contribution is -0.137. The van der Waals surface area contributed by atoms with Gasteiger partial charge in [-0.25, -0.2) is 0 Å². The molecular formula is C16H24N4O4. The van der Waals surface area contributed by atoms with Crippen LogP contribution in [0.15, 0.2) is 12.4 Å². The van der Waals surface area contributed by atoms with Crippen LogP contribution in [-0.2, 0) is 16.1 Å². The number of carbonyl (C=O) groups excluding carboxylic acids is 2. The first-order valence-electron chi connectivity index (χ1n) is 8.36. The van der Waals surface area contributed by atoms with Gasteiger partial charge < -0.3 is 15.7 Å². The number of amides is 2. The highest BCUT2D eigenvalue weighted by Gasteiger charge is 2.16. The van der Waals surface area contributed by atoms with Crippen LogP contribution in [0, 0.1) is 0 Å². The van der Waals surface area contributed by atoms with Gasteiger partial charge in [-0.3, -0.25) is 19.1 Å². The predicted molar refractivity (Wildman–Crippen MR) is 86.4 cm³/mol. The Labute approximate surface area is 140 Å². The van der Waals surface area contributed by atoms with Gasteiger partial charge in [0.25, 0.3) is 5.91 Å². The van der Waals surface area contributed by atoms with E-state index in [-0.39, 0.29) is 30.8 Å². The monoisotopic (exact) mass is 336 g/mol. The van der Waals surface area contributed by atoms with Gasteiger partial charge in [-0.1, -0.05) is 19.3 Å². The highest BCUT2D eigenvalue weighted by molar-refractivity contribution is 5.93. The lowest BCUT2D eigenvalue weighted by Gasteiger charge is -2.22. The lowest BCUT2D eigenvalue weighted by atomic mass is 9.95. The minimum atomic E-state index is -0.888. The van der Waals surface area contributed by atoms with Crippen LogP contribution in [0.5, 0.6) is 0 Å². The van der Waals surface area contributed by atoms with E-state index >= 15 is 0 Å². The maximum atomic E-state index is 12.0. The molecule has 0 spiro atoms. The number of nitrogens with zero attached hydrogens (tertiary/aromatic N) is 2. The quantitative estimate of drug-likeness (QED) is 0.611. The molecule has 1 heterocycles. The van der Waals surface area contributed by atoms with Gasteiger partial charge in [-0.15, -0.1) is 0 Å². The number of carbonyl (C=O) groups is 3. The molecule has 8 nitrogen and oxygen atoms in total. The Morgan fingerprint density at radius 1 is 1.25 bits per heavy atom. The molecule has 3 N–H and O–H groups in total. The van der Waals surface area contributed by atoms with Crippen LogP contribution in [0.1, 0.15) is 55.3 Å². The molecule has 132 valence electrons. The lowest BCUT2D eigenvalue weighted by Crippen LogP contribution is -2.38. The number of aliphatic carboxylic acids is 1. The van der Waals surface area contributed by atoms with E-state index in [1.54, 1.807) is 0 Å². The second-order valence-corrected chi connectivity index (χ2v) is 6.08. The van der Waals surface area contributed by atoms with E-state index in [9.17, 15) is 14.4 Å². The van der Waals surface area contributed by atoms with E-state index in [1.807, 2.05) is 0 Å². The van der Waals surface area contributed by atoms with Crippen molar-refractivity contribution in [1.29, 1.82) is 0 Å². The van der Waals surface area contributed by atoms with Crippen molar-refractivity contribution in [2.45, 2.75) is 57.5 Å². The fourth-order valence-electron chi connectivity index (χ4n) is 2.78. The standard InChI is InChI=1S/C16H24N4O4/c21-14(19-13-5-2-1-3-6-13)11-20-10-12(9-18-20)16(24)17-8-4-7-15(22)23/h9-10,13H,1-8,11H2,(H,17,24)(H,19,21)(H,22,23). The molecule has 1 aliphatic rings. The molecule has 1 fully saturated rings. The minimum absolute atomic E-state index is 0.0148. The summed E-state index contributed by atoms with van der Waals surface area (Å²) < 4.78 is 1.43. The molecule has 1 aromatic heterocycles. The van der Waals surface area contributed by atoms with Crippen LogP contribution in [-0.4, -0.2) is 45.3 Å². The molecule has 2 amide bonds. The zero-order valence-electron chi connectivity index (χ0n) is 13.7. The van der Waals surface area contributed by atoms with Crippen LogP contribution in [0.25, 0.3) is 0 Å². The normalized spacial score (nSPS) is 15.0.